The highest BCUT2D eigenvalue weighted by molar-refractivity contribution is 5.30. The van der Waals surface area contributed by atoms with Crippen molar-refractivity contribution in [2.75, 3.05) is 6.61 Å². The first-order valence-corrected chi connectivity index (χ1v) is 5.17. The maximum atomic E-state index is 13.0. The second-order valence-electron chi connectivity index (χ2n) is 4.17. The number of hydrogen-bond acceptors (Lipinski definition) is 1. The van der Waals surface area contributed by atoms with E-state index in [1.807, 2.05) is 0 Å². The number of halogens is 2. The molecule has 1 nitrogen and oxygen atoms in total. The number of alkyl halides is 2. The van der Waals surface area contributed by atoms with Crippen LogP contribution in [0.15, 0.2) is 24.3 Å². The van der Waals surface area contributed by atoms with E-state index in [4.69, 9.17) is 4.74 Å². The molecule has 1 saturated carbocycles. The quantitative estimate of drug-likeness (QED) is 0.741. The molecule has 0 aliphatic heterocycles. The predicted molar refractivity (Wildman–Crippen MR) is 54.2 cm³/mol. The minimum atomic E-state index is -2.79. The summed E-state index contributed by atoms with van der Waals surface area (Å²) >= 11 is 0. The van der Waals surface area contributed by atoms with Crippen LogP contribution in [-0.4, -0.2) is 6.61 Å². The first-order chi connectivity index (χ1) is 7.05. The zero-order valence-electron chi connectivity index (χ0n) is 8.67. The van der Waals surface area contributed by atoms with Crippen molar-refractivity contribution >= 4 is 0 Å². The summed E-state index contributed by atoms with van der Waals surface area (Å²) < 4.78 is 31.4. The molecule has 3 heteroatoms. The molecule has 1 aromatic rings. The Morgan fingerprint density at radius 3 is 2.73 bits per heavy atom. The second kappa shape index (κ2) is 3.80. The number of benzene rings is 1. The van der Waals surface area contributed by atoms with Gasteiger partial charge in [0.25, 0.3) is 5.92 Å². The van der Waals surface area contributed by atoms with Crippen molar-refractivity contribution in [3.8, 4) is 5.75 Å². The van der Waals surface area contributed by atoms with Gasteiger partial charge in [-0.3, -0.25) is 0 Å². The van der Waals surface area contributed by atoms with Crippen LogP contribution in [0.2, 0.25) is 0 Å². The molecular weight excluding hydrogens is 198 g/mol. The highest BCUT2D eigenvalue weighted by Gasteiger charge is 2.25. The van der Waals surface area contributed by atoms with Gasteiger partial charge in [-0.05, 0) is 30.9 Å². The first-order valence-electron chi connectivity index (χ1n) is 5.17. The smallest absolute Gasteiger partial charge is 0.270 e. The average Bonchev–Trinajstić information content (AvgIpc) is 2.97. The van der Waals surface area contributed by atoms with E-state index in [-0.39, 0.29) is 5.56 Å². The molecule has 0 heterocycles. The lowest BCUT2D eigenvalue weighted by molar-refractivity contribution is 0.0172. The van der Waals surface area contributed by atoms with Crippen molar-refractivity contribution in [3.05, 3.63) is 29.8 Å². The lowest BCUT2D eigenvalue weighted by atomic mass is 10.1. The molecule has 0 bridgehead atoms. The van der Waals surface area contributed by atoms with Gasteiger partial charge in [-0.25, -0.2) is 8.78 Å². The van der Waals surface area contributed by atoms with Gasteiger partial charge in [0.15, 0.2) is 0 Å². The molecule has 0 aromatic heterocycles. The Bertz CT molecular complexity index is 340. The fourth-order valence-electron chi connectivity index (χ4n) is 1.36. The second-order valence-corrected chi connectivity index (χ2v) is 4.17. The fourth-order valence-corrected chi connectivity index (χ4v) is 1.36. The average molecular weight is 212 g/mol. The Morgan fingerprint density at radius 2 is 2.13 bits per heavy atom. The lowest BCUT2D eigenvalue weighted by Gasteiger charge is -2.12. The van der Waals surface area contributed by atoms with E-state index in [1.165, 1.54) is 25.0 Å². The van der Waals surface area contributed by atoms with E-state index in [0.717, 1.165) is 6.92 Å². The predicted octanol–water partition coefficient (Wildman–Crippen LogP) is 3.59. The van der Waals surface area contributed by atoms with Crippen LogP contribution in [0.3, 0.4) is 0 Å². The van der Waals surface area contributed by atoms with E-state index in [9.17, 15) is 8.78 Å². The zero-order valence-corrected chi connectivity index (χ0v) is 8.67. The normalized spacial score (nSPS) is 16.5. The number of hydrogen-bond donors (Lipinski definition) is 0. The van der Waals surface area contributed by atoms with Gasteiger partial charge >= 0.3 is 0 Å². The topological polar surface area (TPSA) is 9.23 Å². The number of rotatable bonds is 4. The van der Waals surface area contributed by atoms with Gasteiger partial charge in [0.2, 0.25) is 0 Å². The minimum Gasteiger partial charge on any atom is -0.493 e. The van der Waals surface area contributed by atoms with Gasteiger partial charge in [-0.2, -0.15) is 0 Å². The molecule has 0 spiro atoms. The molecule has 1 aliphatic carbocycles. The summed E-state index contributed by atoms with van der Waals surface area (Å²) in [5.41, 5.74) is 0.01000. The first kappa shape index (κ1) is 10.4. The third-order valence-electron chi connectivity index (χ3n) is 2.52. The van der Waals surface area contributed by atoms with Crippen LogP contribution < -0.4 is 4.74 Å². The van der Waals surface area contributed by atoms with Crippen molar-refractivity contribution in [2.45, 2.75) is 25.7 Å². The van der Waals surface area contributed by atoms with Crippen molar-refractivity contribution in [3.63, 3.8) is 0 Å². The molecule has 0 radical (unpaired) electrons. The van der Waals surface area contributed by atoms with Crippen LogP contribution in [0.4, 0.5) is 8.78 Å². The van der Waals surface area contributed by atoms with Crippen LogP contribution in [0.25, 0.3) is 0 Å². The molecule has 1 aromatic carbocycles. The lowest BCUT2D eigenvalue weighted by Crippen LogP contribution is -2.07. The third kappa shape index (κ3) is 2.91. The summed E-state index contributed by atoms with van der Waals surface area (Å²) in [5, 5.41) is 0. The van der Waals surface area contributed by atoms with Crippen molar-refractivity contribution in [1.29, 1.82) is 0 Å². The van der Waals surface area contributed by atoms with Crippen LogP contribution in [-0.2, 0) is 5.92 Å². The standard InChI is InChI=1S/C12H14F2O/c1-12(13,14)10-3-2-4-11(7-10)15-8-9-5-6-9/h2-4,7,9H,5-6,8H2,1H3. The molecule has 1 aliphatic rings. The molecule has 2 rings (SSSR count). The van der Waals surface area contributed by atoms with Gasteiger partial charge in [-0.15, -0.1) is 0 Å². The monoisotopic (exact) mass is 212 g/mol. The van der Waals surface area contributed by atoms with E-state index >= 15 is 0 Å². The molecule has 0 N–H and O–H groups in total. The van der Waals surface area contributed by atoms with E-state index in [2.05, 4.69) is 0 Å². The van der Waals surface area contributed by atoms with Gasteiger partial charge in [0, 0.05) is 12.5 Å². The van der Waals surface area contributed by atoms with E-state index < -0.39 is 5.92 Å². The molecule has 0 atom stereocenters. The highest BCUT2D eigenvalue weighted by Crippen LogP contribution is 2.32. The summed E-state index contributed by atoms with van der Waals surface area (Å²) in [5.74, 6) is -1.62. The summed E-state index contributed by atoms with van der Waals surface area (Å²) in [6.07, 6.45) is 2.40. The highest BCUT2D eigenvalue weighted by atomic mass is 19.3. The molecular formula is C12H14F2O. The van der Waals surface area contributed by atoms with Crippen LogP contribution in [0, 0.1) is 5.92 Å². The Kier molecular flexibility index (Phi) is 2.63. The Balaban J connectivity index is 2.04. The molecule has 0 amide bonds. The van der Waals surface area contributed by atoms with Gasteiger partial charge < -0.3 is 4.74 Å². The van der Waals surface area contributed by atoms with Crippen molar-refractivity contribution < 1.29 is 13.5 Å². The number of ether oxygens (including phenoxy) is 1. The summed E-state index contributed by atoms with van der Waals surface area (Å²) in [6, 6.07) is 6.17. The molecule has 0 unspecified atom stereocenters. The molecule has 15 heavy (non-hydrogen) atoms. The van der Waals surface area contributed by atoms with E-state index in [0.29, 0.717) is 18.3 Å². The van der Waals surface area contributed by atoms with Gasteiger partial charge in [0.1, 0.15) is 5.75 Å². The van der Waals surface area contributed by atoms with Crippen LogP contribution in [0.5, 0.6) is 5.75 Å². The SMILES string of the molecule is CC(F)(F)c1cccc(OCC2CC2)c1. The fraction of sp³-hybridized carbons (Fsp3) is 0.500. The van der Waals surface area contributed by atoms with Crippen molar-refractivity contribution in [2.24, 2.45) is 5.92 Å². The van der Waals surface area contributed by atoms with Crippen LogP contribution >= 0.6 is 0 Å². The summed E-state index contributed by atoms with van der Waals surface area (Å²) in [7, 11) is 0. The maximum Gasteiger partial charge on any atom is 0.270 e. The molecule has 0 saturated heterocycles. The largest absolute Gasteiger partial charge is 0.493 e. The summed E-state index contributed by atoms with van der Waals surface area (Å²) in [6.45, 7) is 1.55. The minimum absolute atomic E-state index is 0.01000. The molecule has 82 valence electrons. The Morgan fingerprint density at radius 1 is 1.40 bits per heavy atom. The van der Waals surface area contributed by atoms with Crippen molar-refractivity contribution in [1.82, 2.24) is 0 Å². The maximum absolute atomic E-state index is 13.0. The Labute approximate surface area is 88.1 Å². The molecule has 1 fully saturated rings. The van der Waals surface area contributed by atoms with Gasteiger partial charge in [-0.1, -0.05) is 12.1 Å². The van der Waals surface area contributed by atoms with Gasteiger partial charge in [0.05, 0.1) is 6.61 Å². The Hall–Kier alpha value is -1.12. The van der Waals surface area contributed by atoms with Crippen LogP contribution in [0.1, 0.15) is 25.3 Å². The van der Waals surface area contributed by atoms with E-state index in [1.54, 1.807) is 12.1 Å². The third-order valence-corrected chi connectivity index (χ3v) is 2.52. The zero-order chi connectivity index (χ0) is 10.9. The summed E-state index contributed by atoms with van der Waals surface area (Å²) in [4.78, 5) is 0.